The number of hydrogen-bond acceptors (Lipinski definition) is 4. The molecule has 0 saturated carbocycles. The zero-order valence-corrected chi connectivity index (χ0v) is 12.2. The van der Waals surface area contributed by atoms with Gasteiger partial charge in [-0.2, -0.15) is 5.26 Å². The summed E-state index contributed by atoms with van der Waals surface area (Å²) >= 11 is 0. The molecule has 4 nitrogen and oxygen atoms in total. The predicted molar refractivity (Wildman–Crippen MR) is 73.3 cm³/mol. The average Bonchev–Trinajstić information content (AvgIpc) is 2.38. The first kappa shape index (κ1) is 15.4. The molecule has 0 amide bonds. The second-order valence-corrected chi connectivity index (χ2v) is 5.46. The smallest absolute Gasteiger partial charge is 0.0829 e. The highest BCUT2D eigenvalue weighted by molar-refractivity contribution is 4.83. The maximum absolute atomic E-state index is 8.88. The van der Waals surface area contributed by atoms with E-state index in [1.54, 1.807) is 0 Å². The van der Waals surface area contributed by atoms with Crippen molar-refractivity contribution >= 4 is 0 Å². The molecule has 0 bridgehead atoms. The largest absolute Gasteiger partial charge is 0.374 e. The molecule has 2 unspecified atom stereocenters. The summed E-state index contributed by atoms with van der Waals surface area (Å²) in [5.74, 6) is 0.0924. The van der Waals surface area contributed by atoms with Crippen LogP contribution in [0, 0.1) is 17.2 Å². The van der Waals surface area contributed by atoms with E-state index in [0.717, 1.165) is 39.3 Å². The van der Waals surface area contributed by atoms with Crippen molar-refractivity contribution in [3.05, 3.63) is 0 Å². The summed E-state index contributed by atoms with van der Waals surface area (Å²) in [4.78, 5) is 4.79. The Balaban J connectivity index is 2.42. The Hall–Kier alpha value is -0.630. The van der Waals surface area contributed by atoms with Gasteiger partial charge in [-0.15, -0.1) is 0 Å². The number of rotatable bonds is 6. The Morgan fingerprint density at radius 2 is 2.17 bits per heavy atom. The summed E-state index contributed by atoms with van der Waals surface area (Å²) in [6.07, 6.45) is 0.284. The maximum Gasteiger partial charge on any atom is 0.0829 e. The van der Waals surface area contributed by atoms with Crippen molar-refractivity contribution in [3.8, 4) is 6.07 Å². The van der Waals surface area contributed by atoms with E-state index in [1.165, 1.54) is 0 Å². The molecule has 1 heterocycles. The lowest BCUT2D eigenvalue weighted by Crippen LogP contribution is -2.50. The Labute approximate surface area is 112 Å². The van der Waals surface area contributed by atoms with E-state index < -0.39 is 0 Å². The second kappa shape index (κ2) is 7.73. The highest BCUT2D eigenvalue weighted by atomic mass is 16.5. The third kappa shape index (κ3) is 4.93. The first-order valence-electron chi connectivity index (χ1n) is 7.04. The molecule has 1 rings (SSSR count). The van der Waals surface area contributed by atoms with E-state index >= 15 is 0 Å². The molecule has 2 atom stereocenters. The van der Waals surface area contributed by atoms with Gasteiger partial charge in [-0.3, -0.25) is 9.80 Å². The lowest BCUT2D eigenvalue weighted by Gasteiger charge is -2.37. The molecule has 0 aromatic carbocycles. The molecule has 1 fully saturated rings. The summed E-state index contributed by atoms with van der Waals surface area (Å²) in [5.41, 5.74) is 0. The minimum Gasteiger partial charge on any atom is -0.374 e. The monoisotopic (exact) mass is 253 g/mol. The third-order valence-electron chi connectivity index (χ3n) is 3.56. The fourth-order valence-corrected chi connectivity index (χ4v) is 2.37. The van der Waals surface area contributed by atoms with Gasteiger partial charge in [0.15, 0.2) is 0 Å². The van der Waals surface area contributed by atoms with Gasteiger partial charge in [-0.1, -0.05) is 6.92 Å². The van der Waals surface area contributed by atoms with Crippen molar-refractivity contribution in [2.24, 2.45) is 5.92 Å². The van der Waals surface area contributed by atoms with Gasteiger partial charge in [0.25, 0.3) is 0 Å². The van der Waals surface area contributed by atoms with Gasteiger partial charge in [-0.25, -0.2) is 0 Å². The third-order valence-corrected chi connectivity index (χ3v) is 3.56. The molecule has 4 heteroatoms. The van der Waals surface area contributed by atoms with Crippen LogP contribution in [0.1, 0.15) is 27.7 Å². The summed E-state index contributed by atoms with van der Waals surface area (Å²) in [6, 6.07) is 2.89. The Morgan fingerprint density at radius 1 is 1.44 bits per heavy atom. The molecular formula is C14H27N3O. The summed E-state index contributed by atoms with van der Waals surface area (Å²) in [6.45, 7) is 14.2. The van der Waals surface area contributed by atoms with Crippen molar-refractivity contribution < 1.29 is 4.74 Å². The minimum atomic E-state index is 0.0924. The van der Waals surface area contributed by atoms with E-state index in [4.69, 9.17) is 10.00 Å². The van der Waals surface area contributed by atoms with Crippen LogP contribution in [0.15, 0.2) is 0 Å². The Morgan fingerprint density at radius 3 is 2.72 bits per heavy atom. The molecule has 1 aliphatic heterocycles. The maximum atomic E-state index is 8.88. The molecule has 104 valence electrons. The van der Waals surface area contributed by atoms with E-state index in [2.05, 4.69) is 36.6 Å². The van der Waals surface area contributed by atoms with Crippen LogP contribution in [0.4, 0.5) is 0 Å². The highest BCUT2D eigenvalue weighted by Gasteiger charge is 2.24. The van der Waals surface area contributed by atoms with Crippen LogP contribution < -0.4 is 0 Å². The number of likely N-dealkylation sites (N-methyl/N-ethyl adjacent to an activating group) is 1. The number of morpholine rings is 1. The quantitative estimate of drug-likeness (QED) is 0.720. The SMILES string of the molecule is CCN(CC(C)C#N)CC1CN(C(C)C)CCO1. The molecule has 0 aromatic heterocycles. The molecule has 0 aliphatic carbocycles. The van der Waals surface area contributed by atoms with Gasteiger partial charge >= 0.3 is 0 Å². The van der Waals surface area contributed by atoms with Gasteiger partial charge in [0, 0.05) is 32.2 Å². The van der Waals surface area contributed by atoms with Gasteiger partial charge in [0.05, 0.1) is 24.7 Å². The lowest BCUT2D eigenvalue weighted by atomic mass is 10.1. The first-order valence-corrected chi connectivity index (χ1v) is 7.04. The van der Waals surface area contributed by atoms with Crippen LogP contribution in [-0.2, 0) is 4.74 Å². The van der Waals surface area contributed by atoms with Crippen LogP contribution in [0.3, 0.4) is 0 Å². The van der Waals surface area contributed by atoms with Gasteiger partial charge in [0.1, 0.15) is 0 Å². The molecular weight excluding hydrogens is 226 g/mol. The van der Waals surface area contributed by atoms with Crippen LogP contribution in [0.5, 0.6) is 0 Å². The molecule has 0 N–H and O–H groups in total. The van der Waals surface area contributed by atoms with Crippen molar-refractivity contribution in [1.82, 2.24) is 9.80 Å². The molecule has 0 aromatic rings. The fourth-order valence-electron chi connectivity index (χ4n) is 2.37. The summed E-state index contributed by atoms with van der Waals surface area (Å²) in [7, 11) is 0. The van der Waals surface area contributed by atoms with Gasteiger partial charge < -0.3 is 4.74 Å². The lowest BCUT2D eigenvalue weighted by molar-refractivity contribution is -0.0522. The summed E-state index contributed by atoms with van der Waals surface area (Å²) in [5, 5.41) is 8.88. The molecule has 1 aliphatic rings. The number of ether oxygens (including phenoxy) is 1. The van der Waals surface area contributed by atoms with E-state index in [9.17, 15) is 0 Å². The van der Waals surface area contributed by atoms with Crippen molar-refractivity contribution in [1.29, 1.82) is 5.26 Å². The van der Waals surface area contributed by atoms with Gasteiger partial charge in [-0.05, 0) is 27.3 Å². The Kier molecular flexibility index (Phi) is 6.62. The first-order chi connectivity index (χ1) is 8.56. The summed E-state index contributed by atoms with van der Waals surface area (Å²) < 4.78 is 5.84. The van der Waals surface area contributed by atoms with Crippen molar-refractivity contribution in [2.75, 3.05) is 39.3 Å². The number of hydrogen-bond donors (Lipinski definition) is 0. The topological polar surface area (TPSA) is 39.5 Å². The van der Waals surface area contributed by atoms with Crippen LogP contribution in [0.2, 0.25) is 0 Å². The predicted octanol–water partition coefficient (Wildman–Crippen LogP) is 1.58. The molecule has 1 saturated heterocycles. The second-order valence-electron chi connectivity index (χ2n) is 5.46. The highest BCUT2D eigenvalue weighted by Crippen LogP contribution is 2.11. The molecule has 18 heavy (non-hydrogen) atoms. The zero-order chi connectivity index (χ0) is 13.5. The van der Waals surface area contributed by atoms with E-state index in [1.807, 2.05) is 6.92 Å². The van der Waals surface area contributed by atoms with Crippen molar-refractivity contribution in [2.45, 2.75) is 39.8 Å². The minimum absolute atomic E-state index is 0.0924. The number of nitriles is 1. The van der Waals surface area contributed by atoms with Crippen LogP contribution in [0.25, 0.3) is 0 Å². The Bertz CT molecular complexity index is 275. The standard InChI is InChI=1S/C14H27N3O/c1-5-16(9-13(4)8-15)10-14-11-17(12(2)3)6-7-18-14/h12-14H,5-7,9-11H2,1-4H3. The molecule has 0 spiro atoms. The zero-order valence-electron chi connectivity index (χ0n) is 12.2. The van der Waals surface area contributed by atoms with Gasteiger partial charge in [0.2, 0.25) is 0 Å². The number of nitrogens with zero attached hydrogens (tertiary/aromatic N) is 3. The van der Waals surface area contributed by atoms with E-state index in [-0.39, 0.29) is 12.0 Å². The fraction of sp³-hybridized carbons (Fsp3) is 0.929. The molecule has 0 radical (unpaired) electrons. The van der Waals surface area contributed by atoms with Crippen molar-refractivity contribution in [3.63, 3.8) is 0 Å². The normalized spacial score (nSPS) is 23.3. The van der Waals surface area contributed by atoms with Crippen LogP contribution in [-0.4, -0.2) is 61.3 Å². The van der Waals surface area contributed by atoms with E-state index in [0.29, 0.717) is 6.04 Å². The van der Waals surface area contributed by atoms with Crippen LogP contribution >= 0.6 is 0 Å². The average molecular weight is 253 g/mol.